The maximum absolute atomic E-state index is 14.1. The van der Waals surface area contributed by atoms with E-state index in [1.54, 1.807) is 19.9 Å². The Morgan fingerprint density at radius 2 is 1.80 bits per heavy atom. The Bertz CT molecular complexity index is 1470. The van der Waals surface area contributed by atoms with Crippen LogP contribution in [0.3, 0.4) is 0 Å². The molecule has 0 radical (unpaired) electrons. The highest BCUT2D eigenvalue weighted by atomic mass is 35.5. The van der Waals surface area contributed by atoms with Crippen molar-refractivity contribution in [1.82, 2.24) is 9.78 Å². The highest BCUT2D eigenvalue weighted by Crippen LogP contribution is 2.44. The van der Waals surface area contributed by atoms with Crippen molar-refractivity contribution < 1.29 is 37.0 Å². The quantitative estimate of drug-likeness (QED) is 0.279. The summed E-state index contributed by atoms with van der Waals surface area (Å²) in [6.07, 6.45) is -5.10. The number of nitrogens with one attached hydrogen (secondary N) is 2. The van der Waals surface area contributed by atoms with E-state index in [1.165, 1.54) is 25.1 Å². The Morgan fingerprint density at radius 1 is 1.12 bits per heavy atom. The number of anilines is 2. The van der Waals surface area contributed by atoms with E-state index in [9.17, 15) is 27.6 Å². The molecule has 0 spiro atoms. The van der Waals surface area contributed by atoms with E-state index in [2.05, 4.69) is 15.7 Å². The van der Waals surface area contributed by atoms with E-state index in [-0.39, 0.29) is 55.8 Å². The molecule has 2 N–H and O–H groups in total. The zero-order valence-electron chi connectivity index (χ0n) is 21.3. The van der Waals surface area contributed by atoms with Gasteiger partial charge < -0.3 is 20.1 Å². The zero-order valence-corrected chi connectivity index (χ0v) is 23.6. The largest absolute Gasteiger partial charge is 0.462 e. The predicted molar refractivity (Wildman–Crippen MR) is 144 cm³/mol. The van der Waals surface area contributed by atoms with E-state index in [4.69, 9.17) is 32.7 Å². The summed E-state index contributed by atoms with van der Waals surface area (Å²) in [6.45, 7) is 4.83. The van der Waals surface area contributed by atoms with Crippen molar-refractivity contribution in [2.75, 3.05) is 23.8 Å². The van der Waals surface area contributed by atoms with Crippen molar-refractivity contribution in [3.05, 3.63) is 61.6 Å². The van der Waals surface area contributed by atoms with Crippen LogP contribution >= 0.6 is 34.5 Å². The molecule has 15 heteroatoms. The van der Waals surface area contributed by atoms with Crippen LogP contribution < -0.4 is 10.6 Å². The standard InChI is InChI=1S/C25H23Cl2F3N4O5S/c1-4-38-23(36)19-11(3)20(24(37)39-5-2)40-22(19)32-21(35)16-10-18-31-15(12-6-7-13(26)14(27)8-12)9-17(25(28,29)30)34(18)33-16/h6-8,10,15,17,31H,4-5,9H2,1-3H3,(H,32,35). The van der Waals surface area contributed by atoms with Gasteiger partial charge in [-0.3, -0.25) is 4.79 Å². The van der Waals surface area contributed by atoms with Crippen LogP contribution in [-0.2, 0) is 9.47 Å². The predicted octanol–water partition coefficient (Wildman–Crippen LogP) is 6.83. The monoisotopic (exact) mass is 618 g/mol. The highest BCUT2D eigenvalue weighted by molar-refractivity contribution is 7.18. The molecule has 3 heterocycles. The number of fused-ring (bicyclic) bond motifs is 1. The van der Waals surface area contributed by atoms with Crippen molar-refractivity contribution in [2.45, 2.75) is 45.5 Å². The van der Waals surface area contributed by atoms with Crippen LogP contribution in [0.15, 0.2) is 24.3 Å². The summed E-state index contributed by atoms with van der Waals surface area (Å²) in [7, 11) is 0. The number of hydrogen-bond donors (Lipinski definition) is 2. The summed E-state index contributed by atoms with van der Waals surface area (Å²) in [5.41, 5.74) is 0.314. The van der Waals surface area contributed by atoms with Gasteiger partial charge in [0.1, 0.15) is 15.7 Å². The fourth-order valence-electron chi connectivity index (χ4n) is 4.24. The van der Waals surface area contributed by atoms with Gasteiger partial charge in [-0.15, -0.1) is 11.3 Å². The summed E-state index contributed by atoms with van der Waals surface area (Å²) < 4.78 is 53.0. The first kappa shape index (κ1) is 29.7. The van der Waals surface area contributed by atoms with Crippen LogP contribution in [0.25, 0.3) is 0 Å². The SMILES string of the molecule is CCOC(=O)c1sc(NC(=O)c2cc3n(n2)C(C(F)(F)F)CC(c2ccc(Cl)c(Cl)c2)N3)c(C(=O)OCC)c1C. The molecule has 9 nitrogen and oxygen atoms in total. The Morgan fingerprint density at radius 3 is 2.42 bits per heavy atom. The number of amides is 1. The molecule has 1 aromatic carbocycles. The summed E-state index contributed by atoms with van der Waals surface area (Å²) in [5.74, 6) is -2.42. The van der Waals surface area contributed by atoms with Gasteiger partial charge in [-0.2, -0.15) is 18.3 Å². The molecule has 1 aliphatic rings. The topological polar surface area (TPSA) is 112 Å². The van der Waals surface area contributed by atoms with E-state index in [1.807, 2.05) is 0 Å². The van der Waals surface area contributed by atoms with Gasteiger partial charge in [-0.1, -0.05) is 29.3 Å². The van der Waals surface area contributed by atoms with Crippen LogP contribution in [0, 0.1) is 6.92 Å². The number of carbonyl (C=O) groups excluding carboxylic acids is 3. The molecule has 2 unspecified atom stereocenters. The summed E-state index contributed by atoms with van der Waals surface area (Å²) >= 11 is 12.8. The van der Waals surface area contributed by atoms with Gasteiger partial charge in [0.25, 0.3) is 5.91 Å². The zero-order chi connectivity index (χ0) is 29.4. The molecule has 0 saturated carbocycles. The van der Waals surface area contributed by atoms with Gasteiger partial charge >= 0.3 is 18.1 Å². The molecule has 4 rings (SSSR count). The van der Waals surface area contributed by atoms with Crippen LogP contribution in [-0.4, -0.2) is 47.0 Å². The average molecular weight is 619 g/mol. The molecule has 2 aromatic heterocycles. The first-order valence-corrected chi connectivity index (χ1v) is 13.6. The number of rotatable bonds is 7. The van der Waals surface area contributed by atoms with Gasteiger partial charge in [-0.25, -0.2) is 14.3 Å². The van der Waals surface area contributed by atoms with E-state index in [0.717, 1.165) is 11.3 Å². The molecule has 40 heavy (non-hydrogen) atoms. The lowest BCUT2D eigenvalue weighted by molar-refractivity contribution is -0.173. The number of ether oxygens (including phenoxy) is 2. The van der Waals surface area contributed by atoms with Gasteiger partial charge in [0.05, 0.1) is 34.9 Å². The number of aromatic nitrogens is 2. The van der Waals surface area contributed by atoms with Crippen molar-refractivity contribution in [3.8, 4) is 0 Å². The van der Waals surface area contributed by atoms with E-state index >= 15 is 0 Å². The second kappa shape index (κ2) is 11.7. The van der Waals surface area contributed by atoms with Gasteiger partial charge in [-0.05, 0) is 44.0 Å². The van der Waals surface area contributed by atoms with Gasteiger partial charge in [0.2, 0.25) is 0 Å². The molecular formula is C25H23Cl2F3N4O5S. The van der Waals surface area contributed by atoms with Crippen molar-refractivity contribution in [2.24, 2.45) is 0 Å². The molecule has 1 amide bonds. The number of halogens is 5. The summed E-state index contributed by atoms with van der Waals surface area (Å²) in [4.78, 5) is 38.3. The third kappa shape index (κ3) is 5.91. The van der Waals surface area contributed by atoms with Crippen LogP contribution in [0.5, 0.6) is 0 Å². The maximum Gasteiger partial charge on any atom is 0.410 e. The average Bonchev–Trinajstić information content (AvgIpc) is 3.45. The lowest BCUT2D eigenvalue weighted by Crippen LogP contribution is -2.35. The Kier molecular flexibility index (Phi) is 8.66. The molecule has 1 aliphatic heterocycles. The van der Waals surface area contributed by atoms with Crippen LogP contribution in [0.2, 0.25) is 10.0 Å². The third-order valence-corrected chi connectivity index (χ3v) is 8.01. The number of esters is 2. The number of nitrogens with zero attached hydrogens (tertiary/aromatic N) is 2. The number of hydrogen-bond acceptors (Lipinski definition) is 8. The van der Waals surface area contributed by atoms with Gasteiger partial charge in [0, 0.05) is 12.5 Å². The Balaban J connectivity index is 1.68. The van der Waals surface area contributed by atoms with Crippen molar-refractivity contribution in [1.29, 1.82) is 0 Å². The molecule has 0 fully saturated rings. The molecular weight excluding hydrogens is 596 g/mol. The minimum Gasteiger partial charge on any atom is -0.462 e. The molecule has 3 aromatic rings. The Hall–Kier alpha value is -3.29. The molecule has 0 aliphatic carbocycles. The van der Waals surface area contributed by atoms with E-state index < -0.39 is 42.5 Å². The fraction of sp³-hybridized carbons (Fsp3) is 0.360. The van der Waals surface area contributed by atoms with Crippen molar-refractivity contribution in [3.63, 3.8) is 0 Å². The van der Waals surface area contributed by atoms with Gasteiger partial charge in [0.15, 0.2) is 11.7 Å². The van der Waals surface area contributed by atoms with Crippen LogP contribution in [0.1, 0.15) is 74.0 Å². The fourth-order valence-corrected chi connectivity index (χ4v) is 5.63. The number of alkyl halides is 3. The minimum atomic E-state index is -4.68. The minimum absolute atomic E-state index is 0.0241. The number of carbonyl (C=O) groups is 3. The molecule has 2 atom stereocenters. The lowest BCUT2D eigenvalue weighted by atomic mass is 9.97. The second-order valence-electron chi connectivity index (χ2n) is 8.68. The molecule has 214 valence electrons. The number of thiophene rings is 1. The first-order chi connectivity index (χ1) is 18.8. The normalized spacial score (nSPS) is 16.6. The summed E-state index contributed by atoms with van der Waals surface area (Å²) in [5, 5.41) is 9.83. The van der Waals surface area contributed by atoms with Crippen molar-refractivity contribution >= 4 is 63.2 Å². The highest BCUT2D eigenvalue weighted by Gasteiger charge is 2.47. The third-order valence-electron chi connectivity index (χ3n) is 6.08. The Labute approximate surface area is 240 Å². The first-order valence-electron chi connectivity index (χ1n) is 12.0. The lowest BCUT2D eigenvalue weighted by Gasteiger charge is -2.33. The number of benzene rings is 1. The second-order valence-corrected chi connectivity index (χ2v) is 10.5. The smallest absolute Gasteiger partial charge is 0.410 e. The van der Waals surface area contributed by atoms with Crippen LogP contribution in [0.4, 0.5) is 24.0 Å². The summed E-state index contributed by atoms with van der Waals surface area (Å²) in [6, 6.07) is 2.86. The molecule has 0 bridgehead atoms. The van der Waals surface area contributed by atoms with E-state index in [0.29, 0.717) is 10.2 Å². The molecule has 0 saturated heterocycles. The maximum atomic E-state index is 14.1.